The smallest absolute Gasteiger partial charge is 0.250 e. The molecule has 1 aromatic rings. The highest BCUT2D eigenvalue weighted by molar-refractivity contribution is 6.74. The van der Waals surface area contributed by atoms with Gasteiger partial charge in [-0.25, -0.2) is 0 Å². The van der Waals surface area contributed by atoms with Crippen LogP contribution in [-0.4, -0.2) is 13.4 Å². The van der Waals surface area contributed by atoms with Gasteiger partial charge >= 0.3 is 0 Å². The summed E-state index contributed by atoms with van der Waals surface area (Å²) < 4.78 is 6.39. The van der Waals surface area contributed by atoms with Crippen LogP contribution in [0.25, 0.3) is 0 Å². The second-order valence-corrected chi connectivity index (χ2v) is 11.5. The molecular formula is C15H24O2Si. The van der Waals surface area contributed by atoms with E-state index >= 15 is 0 Å². The molecule has 0 radical (unpaired) electrons. The first kappa shape index (κ1) is 13.6. The Labute approximate surface area is 111 Å². The van der Waals surface area contributed by atoms with E-state index in [2.05, 4.69) is 39.9 Å². The Morgan fingerprint density at radius 3 is 2.56 bits per heavy atom. The van der Waals surface area contributed by atoms with E-state index < -0.39 is 8.32 Å². The van der Waals surface area contributed by atoms with E-state index in [1.54, 1.807) is 0 Å². The summed E-state index contributed by atoms with van der Waals surface area (Å²) in [6.45, 7) is 11.3. The van der Waals surface area contributed by atoms with Crippen molar-refractivity contribution in [1.82, 2.24) is 0 Å². The van der Waals surface area contributed by atoms with Crippen molar-refractivity contribution in [1.29, 1.82) is 0 Å². The maximum Gasteiger partial charge on any atom is 0.250 e. The minimum absolute atomic E-state index is 0.201. The lowest BCUT2D eigenvalue weighted by molar-refractivity contribution is 0.180. The van der Waals surface area contributed by atoms with Crippen LogP contribution in [0.2, 0.25) is 18.1 Å². The van der Waals surface area contributed by atoms with Gasteiger partial charge in [0.15, 0.2) is 0 Å². The van der Waals surface area contributed by atoms with Crippen LogP contribution in [0, 0.1) is 0 Å². The maximum atomic E-state index is 9.92. The topological polar surface area (TPSA) is 29.5 Å². The molecule has 1 N–H and O–H groups in total. The minimum Gasteiger partial charge on any atom is -0.543 e. The van der Waals surface area contributed by atoms with E-state index in [4.69, 9.17) is 4.43 Å². The molecule has 0 heterocycles. The van der Waals surface area contributed by atoms with Gasteiger partial charge in [-0.2, -0.15) is 0 Å². The van der Waals surface area contributed by atoms with Crippen molar-refractivity contribution in [2.45, 2.75) is 57.8 Å². The molecule has 0 spiro atoms. The molecule has 0 saturated carbocycles. The van der Waals surface area contributed by atoms with Crippen LogP contribution in [0.3, 0.4) is 0 Å². The Hall–Kier alpha value is -0.803. The molecule has 2 nitrogen and oxygen atoms in total. The van der Waals surface area contributed by atoms with Gasteiger partial charge in [0.25, 0.3) is 0 Å². The summed E-state index contributed by atoms with van der Waals surface area (Å²) in [4.78, 5) is 0. The predicted molar refractivity (Wildman–Crippen MR) is 77.5 cm³/mol. The van der Waals surface area contributed by atoms with E-state index in [0.29, 0.717) is 0 Å². The predicted octanol–water partition coefficient (Wildman–Crippen LogP) is 4.05. The lowest BCUT2D eigenvalue weighted by Crippen LogP contribution is -2.44. The van der Waals surface area contributed by atoms with Crippen LogP contribution < -0.4 is 4.43 Å². The molecule has 1 aliphatic carbocycles. The Morgan fingerprint density at radius 2 is 1.94 bits per heavy atom. The summed E-state index contributed by atoms with van der Waals surface area (Å²) in [5.41, 5.74) is 2.28. The molecule has 0 amide bonds. The van der Waals surface area contributed by atoms with Crippen molar-refractivity contribution in [3.63, 3.8) is 0 Å². The highest BCUT2D eigenvalue weighted by atomic mass is 28.4. The second kappa shape index (κ2) is 4.39. The molecule has 0 aromatic heterocycles. The highest BCUT2D eigenvalue weighted by Crippen LogP contribution is 2.42. The first-order valence-electron chi connectivity index (χ1n) is 6.71. The fourth-order valence-corrected chi connectivity index (χ4v) is 3.17. The monoisotopic (exact) mass is 264 g/mol. The summed E-state index contributed by atoms with van der Waals surface area (Å²) in [5.74, 6) is 0.996. The zero-order chi connectivity index (χ0) is 13.6. The Bertz CT molecular complexity index is 446. The van der Waals surface area contributed by atoms with Crippen molar-refractivity contribution in [2.75, 3.05) is 0 Å². The number of hydrogen-bond acceptors (Lipinski definition) is 2. The van der Waals surface area contributed by atoms with Crippen LogP contribution in [0.15, 0.2) is 18.2 Å². The fourth-order valence-electron chi connectivity index (χ4n) is 2.12. The SMILES string of the molecule is CC(C)(C)[Si](C)(C)Oc1cccc2c1CC[C@H]2O. The van der Waals surface area contributed by atoms with E-state index in [0.717, 1.165) is 24.2 Å². The number of fused-ring (bicyclic) bond motifs is 1. The number of hydrogen-bond donors (Lipinski definition) is 1. The van der Waals surface area contributed by atoms with Crippen LogP contribution in [0.1, 0.15) is 44.4 Å². The molecule has 1 atom stereocenters. The third kappa shape index (κ3) is 2.34. The first-order valence-corrected chi connectivity index (χ1v) is 9.62. The van der Waals surface area contributed by atoms with Gasteiger partial charge in [-0.05, 0) is 48.2 Å². The van der Waals surface area contributed by atoms with E-state index in [-0.39, 0.29) is 11.1 Å². The third-order valence-electron chi connectivity index (χ3n) is 4.37. The molecule has 1 aromatic carbocycles. The largest absolute Gasteiger partial charge is 0.543 e. The van der Waals surface area contributed by atoms with E-state index in [1.807, 2.05) is 12.1 Å². The number of benzene rings is 1. The maximum absolute atomic E-state index is 9.92. The third-order valence-corrected chi connectivity index (χ3v) is 8.71. The molecule has 3 heteroatoms. The van der Waals surface area contributed by atoms with E-state index in [9.17, 15) is 5.11 Å². The van der Waals surface area contributed by atoms with Gasteiger partial charge < -0.3 is 9.53 Å². The number of aliphatic hydroxyl groups excluding tert-OH is 1. The first-order chi connectivity index (χ1) is 8.22. The van der Waals surface area contributed by atoms with Crippen molar-refractivity contribution in [3.05, 3.63) is 29.3 Å². The van der Waals surface area contributed by atoms with Crippen LogP contribution in [-0.2, 0) is 6.42 Å². The molecule has 100 valence electrons. The van der Waals surface area contributed by atoms with Gasteiger partial charge in [-0.15, -0.1) is 0 Å². The second-order valence-electron chi connectivity index (χ2n) is 6.74. The van der Waals surface area contributed by atoms with Gasteiger partial charge in [-0.1, -0.05) is 32.9 Å². The van der Waals surface area contributed by atoms with Crippen molar-refractivity contribution >= 4 is 8.32 Å². The lowest BCUT2D eigenvalue weighted by Gasteiger charge is -2.37. The summed E-state index contributed by atoms with van der Waals surface area (Å²) in [6, 6.07) is 6.07. The number of rotatable bonds is 2. The Kier molecular flexibility index (Phi) is 3.32. The van der Waals surface area contributed by atoms with Gasteiger partial charge in [0, 0.05) is 0 Å². The Morgan fingerprint density at radius 1 is 1.28 bits per heavy atom. The van der Waals surface area contributed by atoms with Crippen molar-refractivity contribution in [2.24, 2.45) is 0 Å². The molecule has 0 fully saturated rings. The van der Waals surface area contributed by atoms with Crippen LogP contribution in [0.5, 0.6) is 5.75 Å². The van der Waals surface area contributed by atoms with Gasteiger partial charge in [0.1, 0.15) is 5.75 Å². The van der Waals surface area contributed by atoms with Gasteiger partial charge in [-0.3, -0.25) is 0 Å². The fraction of sp³-hybridized carbons (Fsp3) is 0.600. The molecule has 2 rings (SSSR count). The average Bonchev–Trinajstić information content (AvgIpc) is 2.60. The van der Waals surface area contributed by atoms with Crippen molar-refractivity contribution < 1.29 is 9.53 Å². The minimum atomic E-state index is -1.79. The summed E-state index contributed by atoms with van der Waals surface area (Å²) >= 11 is 0. The highest BCUT2D eigenvalue weighted by Gasteiger charge is 2.39. The summed E-state index contributed by atoms with van der Waals surface area (Å²) in [5, 5.41) is 10.1. The molecule has 1 aliphatic rings. The van der Waals surface area contributed by atoms with Crippen molar-refractivity contribution in [3.8, 4) is 5.75 Å². The zero-order valence-electron chi connectivity index (χ0n) is 12.1. The summed E-state index contributed by atoms with van der Waals surface area (Å²) in [7, 11) is -1.79. The standard InChI is InChI=1S/C15H24O2Si/c1-15(2,3)18(4,5)17-14-8-6-7-11-12(14)9-10-13(11)16/h6-8,13,16H,9-10H2,1-5H3/t13-/m1/s1. The Balaban J connectivity index is 2.32. The van der Waals surface area contributed by atoms with Gasteiger partial charge in [0.2, 0.25) is 8.32 Å². The molecular weight excluding hydrogens is 240 g/mol. The van der Waals surface area contributed by atoms with Crippen LogP contribution >= 0.6 is 0 Å². The molecule has 0 unspecified atom stereocenters. The van der Waals surface area contributed by atoms with Gasteiger partial charge in [0.05, 0.1) is 6.10 Å². The lowest BCUT2D eigenvalue weighted by atomic mass is 10.1. The zero-order valence-corrected chi connectivity index (χ0v) is 13.1. The normalized spacial score (nSPS) is 19.8. The summed E-state index contributed by atoms with van der Waals surface area (Å²) in [6.07, 6.45) is 1.46. The number of aliphatic hydroxyl groups is 1. The molecule has 0 aliphatic heterocycles. The molecule has 0 saturated heterocycles. The average molecular weight is 264 g/mol. The molecule has 0 bridgehead atoms. The molecule has 18 heavy (non-hydrogen) atoms. The van der Waals surface area contributed by atoms with E-state index in [1.165, 1.54) is 5.56 Å². The van der Waals surface area contributed by atoms with Crippen LogP contribution in [0.4, 0.5) is 0 Å². The quantitative estimate of drug-likeness (QED) is 0.817.